The van der Waals surface area contributed by atoms with Crippen LogP contribution in [0.4, 0.5) is 13.2 Å². The highest BCUT2D eigenvalue weighted by Crippen LogP contribution is 2.49. The molecule has 3 nitrogen and oxygen atoms in total. The van der Waals surface area contributed by atoms with Crippen molar-refractivity contribution in [2.24, 2.45) is 0 Å². The average molecular weight is 321 g/mol. The lowest BCUT2D eigenvalue weighted by molar-refractivity contribution is -0.275. The predicted molar refractivity (Wildman–Crippen MR) is 77.2 cm³/mol. The molecule has 0 amide bonds. The van der Waals surface area contributed by atoms with E-state index in [1.807, 2.05) is 0 Å². The van der Waals surface area contributed by atoms with Crippen LogP contribution in [-0.4, -0.2) is 17.1 Å². The van der Waals surface area contributed by atoms with Gasteiger partial charge in [-0.25, -0.2) is 0 Å². The molecule has 0 N–H and O–H groups in total. The molecule has 120 valence electrons. The fourth-order valence-electron chi connectivity index (χ4n) is 2.97. The molecule has 1 saturated carbocycles. The van der Waals surface area contributed by atoms with Gasteiger partial charge in [0.05, 0.1) is 5.41 Å². The van der Waals surface area contributed by atoms with E-state index < -0.39 is 11.8 Å². The van der Waals surface area contributed by atoms with Crippen LogP contribution in [0.2, 0.25) is 0 Å². The smallest absolute Gasteiger partial charge is 0.405 e. The van der Waals surface area contributed by atoms with Crippen LogP contribution in [0.15, 0.2) is 48.7 Å². The molecule has 0 bridgehead atoms. The van der Waals surface area contributed by atoms with Gasteiger partial charge >= 0.3 is 6.36 Å². The van der Waals surface area contributed by atoms with Crippen molar-refractivity contribution in [1.29, 1.82) is 0 Å². The first-order chi connectivity index (χ1) is 10.9. The van der Waals surface area contributed by atoms with E-state index in [-0.39, 0.29) is 22.8 Å². The number of pyridine rings is 1. The van der Waals surface area contributed by atoms with Gasteiger partial charge in [0.25, 0.3) is 0 Å². The van der Waals surface area contributed by atoms with Crippen LogP contribution < -0.4 is 4.74 Å². The third-order valence-electron chi connectivity index (χ3n) is 4.17. The molecule has 1 fully saturated rings. The lowest BCUT2D eigenvalue weighted by Gasteiger charge is -2.41. The number of para-hydroxylation sites is 1. The minimum Gasteiger partial charge on any atom is -0.405 e. The topological polar surface area (TPSA) is 39.2 Å². The summed E-state index contributed by atoms with van der Waals surface area (Å²) in [5, 5.41) is 0. The molecular formula is C17H14F3NO2. The van der Waals surface area contributed by atoms with Gasteiger partial charge in [-0.15, -0.1) is 13.2 Å². The zero-order valence-corrected chi connectivity index (χ0v) is 12.1. The third-order valence-corrected chi connectivity index (χ3v) is 4.17. The largest absolute Gasteiger partial charge is 0.573 e. The van der Waals surface area contributed by atoms with Crippen LogP contribution in [0.3, 0.4) is 0 Å². The predicted octanol–water partition coefficient (Wildman–Crippen LogP) is 4.28. The molecule has 23 heavy (non-hydrogen) atoms. The summed E-state index contributed by atoms with van der Waals surface area (Å²) in [4.78, 5) is 16.9. The van der Waals surface area contributed by atoms with E-state index in [9.17, 15) is 18.0 Å². The molecule has 0 aliphatic heterocycles. The van der Waals surface area contributed by atoms with Crippen LogP contribution >= 0.6 is 0 Å². The number of alkyl halides is 3. The Balaban J connectivity index is 2.03. The molecule has 1 aromatic carbocycles. The van der Waals surface area contributed by atoms with E-state index in [0.29, 0.717) is 12.8 Å². The Kier molecular flexibility index (Phi) is 3.83. The van der Waals surface area contributed by atoms with Crippen LogP contribution in [0.1, 0.15) is 35.3 Å². The van der Waals surface area contributed by atoms with Gasteiger partial charge < -0.3 is 4.74 Å². The second kappa shape index (κ2) is 5.68. The number of carbonyl (C=O) groups is 1. The molecule has 0 unspecified atom stereocenters. The third kappa shape index (κ3) is 2.93. The molecule has 0 saturated heterocycles. The molecule has 1 heterocycles. The van der Waals surface area contributed by atoms with E-state index in [0.717, 1.165) is 6.42 Å². The summed E-state index contributed by atoms with van der Waals surface area (Å²) in [6, 6.07) is 10.8. The Hall–Kier alpha value is -2.37. The van der Waals surface area contributed by atoms with Gasteiger partial charge in [0.1, 0.15) is 11.4 Å². The second-order valence-corrected chi connectivity index (χ2v) is 5.52. The summed E-state index contributed by atoms with van der Waals surface area (Å²) in [7, 11) is 0. The fraction of sp³-hybridized carbons (Fsp3) is 0.294. The molecule has 0 atom stereocenters. The van der Waals surface area contributed by atoms with Gasteiger partial charge in [-0.05, 0) is 31.0 Å². The van der Waals surface area contributed by atoms with Crippen molar-refractivity contribution in [1.82, 2.24) is 4.98 Å². The number of carbonyl (C=O) groups excluding carboxylic acids is 1. The first-order valence-corrected chi connectivity index (χ1v) is 7.23. The molecular weight excluding hydrogens is 307 g/mol. The van der Waals surface area contributed by atoms with Crippen molar-refractivity contribution < 1.29 is 22.7 Å². The minimum atomic E-state index is -4.80. The maximum atomic E-state index is 12.9. The van der Waals surface area contributed by atoms with Crippen LogP contribution in [0.25, 0.3) is 0 Å². The molecule has 1 aliphatic carbocycles. The number of rotatable bonds is 4. The van der Waals surface area contributed by atoms with Gasteiger partial charge in [-0.3, -0.25) is 9.78 Å². The normalized spacial score (nSPS) is 16.5. The minimum absolute atomic E-state index is 0.258. The van der Waals surface area contributed by atoms with Crippen molar-refractivity contribution in [2.45, 2.75) is 31.0 Å². The van der Waals surface area contributed by atoms with Crippen LogP contribution in [-0.2, 0) is 5.41 Å². The van der Waals surface area contributed by atoms with Crippen molar-refractivity contribution in [2.75, 3.05) is 0 Å². The number of halogens is 3. The van der Waals surface area contributed by atoms with E-state index in [1.54, 1.807) is 24.3 Å². The van der Waals surface area contributed by atoms with Crippen molar-refractivity contribution in [3.05, 3.63) is 59.9 Å². The number of ketones is 1. The number of hydrogen-bond donors (Lipinski definition) is 0. The Morgan fingerprint density at radius 3 is 2.35 bits per heavy atom. The molecule has 1 aliphatic rings. The van der Waals surface area contributed by atoms with Crippen LogP contribution in [0.5, 0.6) is 5.75 Å². The zero-order valence-electron chi connectivity index (χ0n) is 12.1. The lowest BCUT2D eigenvalue weighted by Crippen LogP contribution is -2.43. The zero-order chi connectivity index (χ0) is 16.5. The lowest BCUT2D eigenvalue weighted by atomic mass is 9.61. The highest BCUT2D eigenvalue weighted by molar-refractivity contribution is 6.03. The quantitative estimate of drug-likeness (QED) is 0.789. The number of ether oxygens (including phenoxy) is 1. The number of nitrogens with zero attached hydrogens (tertiary/aromatic N) is 1. The first-order valence-electron chi connectivity index (χ1n) is 7.23. The van der Waals surface area contributed by atoms with Gasteiger partial charge in [0.2, 0.25) is 0 Å². The van der Waals surface area contributed by atoms with Gasteiger partial charge in [-0.2, -0.15) is 0 Å². The summed E-state index contributed by atoms with van der Waals surface area (Å²) in [5.41, 5.74) is -0.454. The van der Waals surface area contributed by atoms with E-state index in [4.69, 9.17) is 0 Å². The number of hydrogen-bond acceptors (Lipinski definition) is 3. The van der Waals surface area contributed by atoms with Crippen molar-refractivity contribution in [3.63, 3.8) is 0 Å². The summed E-state index contributed by atoms with van der Waals surface area (Å²) < 4.78 is 42.0. The standard InChI is InChI=1S/C17H14F3NO2/c18-17(19,20)23-14-8-2-1-6-12(14)16(9-5-10-16)15(22)13-7-3-4-11-21-13/h1-4,6-8,11H,5,9-10H2. The molecule has 6 heteroatoms. The van der Waals surface area contributed by atoms with Crippen molar-refractivity contribution >= 4 is 5.78 Å². The Labute approximate surface area is 131 Å². The SMILES string of the molecule is O=C(c1ccccn1)C1(c2ccccc2OC(F)(F)F)CCC1. The maximum Gasteiger partial charge on any atom is 0.573 e. The summed E-state index contributed by atoms with van der Waals surface area (Å²) in [6.07, 6.45) is -1.55. The van der Waals surface area contributed by atoms with E-state index in [2.05, 4.69) is 9.72 Å². The maximum absolute atomic E-state index is 12.9. The summed E-state index contributed by atoms with van der Waals surface area (Å²) >= 11 is 0. The highest BCUT2D eigenvalue weighted by atomic mass is 19.4. The summed E-state index contributed by atoms with van der Waals surface area (Å²) in [6.45, 7) is 0. The van der Waals surface area contributed by atoms with Gasteiger partial charge in [0.15, 0.2) is 5.78 Å². The Morgan fingerprint density at radius 2 is 1.78 bits per heavy atom. The molecule has 1 aromatic heterocycles. The van der Waals surface area contributed by atoms with Gasteiger partial charge in [0, 0.05) is 11.8 Å². The number of benzene rings is 1. The first kappa shape index (κ1) is 15.5. The fourth-order valence-corrected chi connectivity index (χ4v) is 2.97. The molecule has 2 aromatic rings. The Morgan fingerprint density at radius 1 is 1.09 bits per heavy atom. The highest BCUT2D eigenvalue weighted by Gasteiger charge is 2.48. The van der Waals surface area contributed by atoms with Crippen molar-refractivity contribution in [3.8, 4) is 5.75 Å². The second-order valence-electron chi connectivity index (χ2n) is 5.52. The molecule has 0 radical (unpaired) electrons. The number of aromatic nitrogens is 1. The molecule has 0 spiro atoms. The number of Topliss-reactive ketones (excluding diaryl/α,β-unsaturated/α-hetero) is 1. The van der Waals surface area contributed by atoms with Crippen LogP contribution in [0, 0.1) is 0 Å². The van der Waals surface area contributed by atoms with E-state index in [1.165, 1.54) is 24.4 Å². The van der Waals surface area contributed by atoms with E-state index >= 15 is 0 Å². The Bertz CT molecular complexity index is 709. The monoisotopic (exact) mass is 321 g/mol. The van der Waals surface area contributed by atoms with Gasteiger partial charge in [-0.1, -0.05) is 30.7 Å². The average Bonchev–Trinajstić information content (AvgIpc) is 2.47. The summed E-state index contributed by atoms with van der Waals surface area (Å²) in [5.74, 6) is -0.577. The molecule has 3 rings (SSSR count).